The summed E-state index contributed by atoms with van der Waals surface area (Å²) in [4.78, 5) is 0. The molecule has 0 radical (unpaired) electrons. The van der Waals surface area contributed by atoms with Crippen LogP contribution in [-0.4, -0.2) is 22.9 Å². The van der Waals surface area contributed by atoms with Crippen molar-refractivity contribution in [1.29, 1.82) is 0 Å². The third-order valence-electron chi connectivity index (χ3n) is 1.82. The van der Waals surface area contributed by atoms with Gasteiger partial charge in [-0.05, 0) is 26.7 Å². The van der Waals surface area contributed by atoms with Gasteiger partial charge in [0.2, 0.25) is 0 Å². The maximum atomic E-state index is 9.35. The molecule has 0 bridgehead atoms. The number of aliphatic hydroxyl groups is 2. The smallest absolute Gasteiger partial charge is 0.0747 e. The number of aliphatic hydroxyl groups excluding tert-OH is 2. The largest absolute Gasteiger partial charge is 0.392 e. The standard InChI is InChI=1S/C10H18O2/c1-8(2)10(12)5-4-9(3)6-7-11/h6,10-12H,1,4-5,7H2,2-3H3/t10-/m1/s1. The van der Waals surface area contributed by atoms with Gasteiger partial charge in [-0.3, -0.25) is 0 Å². The maximum absolute atomic E-state index is 9.35. The Morgan fingerprint density at radius 1 is 1.50 bits per heavy atom. The van der Waals surface area contributed by atoms with Crippen LogP contribution in [0.1, 0.15) is 26.7 Å². The molecule has 0 heterocycles. The topological polar surface area (TPSA) is 40.5 Å². The fourth-order valence-corrected chi connectivity index (χ4v) is 0.869. The molecule has 2 heteroatoms. The second-order valence-corrected chi connectivity index (χ2v) is 3.13. The molecule has 0 aromatic rings. The van der Waals surface area contributed by atoms with E-state index in [1.54, 1.807) is 6.08 Å². The van der Waals surface area contributed by atoms with Crippen molar-refractivity contribution < 1.29 is 10.2 Å². The normalized spacial score (nSPS) is 14.5. The van der Waals surface area contributed by atoms with E-state index in [0.717, 1.165) is 17.6 Å². The van der Waals surface area contributed by atoms with Crippen LogP contribution < -0.4 is 0 Å². The number of rotatable bonds is 5. The zero-order valence-corrected chi connectivity index (χ0v) is 7.88. The van der Waals surface area contributed by atoms with Gasteiger partial charge in [0.25, 0.3) is 0 Å². The maximum Gasteiger partial charge on any atom is 0.0747 e. The predicted molar refractivity (Wildman–Crippen MR) is 50.9 cm³/mol. The first-order chi connectivity index (χ1) is 5.57. The van der Waals surface area contributed by atoms with E-state index < -0.39 is 6.10 Å². The lowest BCUT2D eigenvalue weighted by Gasteiger charge is -2.09. The molecule has 0 unspecified atom stereocenters. The monoisotopic (exact) mass is 170 g/mol. The van der Waals surface area contributed by atoms with E-state index in [-0.39, 0.29) is 6.61 Å². The van der Waals surface area contributed by atoms with Gasteiger partial charge < -0.3 is 10.2 Å². The summed E-state index contributed by atoms with van der Waals surface area (Å²) in [6, 6.07) is 0. The average Bonchev–Trinajstić information content (AvgIpc) is 2.00. The Labute approximate surface area is 74.2 Å². The molecular formula is C10H18O2. The van der Waals surface area contributed by atoms with Gasteiger partial charge in [-0.2, -0.15) is 0 Å². The van der Waals surface area contributed by atoms with Crippen LogP contribution in [0.25, 0.3) is 0 Å². The van der Waals surface area contributed by atoms with Crippen LogP contribution in [0.15, 0.2) is 23.8 Å². The van der Waals surface area contributed by atoms with Gasteiger partial charge in [-0.25, -0.2) is 0 Å². The van der Waals surface area contributed by atoms with Crippen molar-refractivity contribution in [2.24, 2.45) is 0 Å². The fourth-order valence-electron chi connectivity index (χ4n) is 0.869. The van der Waals surface area contributed by atoms with Gasteiger partial charge in [0.15, 0.2) is 0 Å². The molecule has 0 saturated carbocycles. The van der Waals surface area contributed by atoms with Crippen molar-refractivity contribution in [2.45, 2.75) is 32.8 Å². The molecule has 0 amide bonds. The summed E-state index contributed by atoms with van der Waals surface area (Å²) < 4.78 is 0. The molecule has 0 fully saturated rings. The Morgan fingerprint density at radius 3 is 2.50 bits per heavy atom. The molecule has 12 heavy (non-hydrogen) atoms. The van der Waals surface area contributed by atoms with Gasteiger partial charge in [0, 0.05) is 0 Å². The molecule has 1 atom stereocenters. The Bertz CT molecular complexity index is 171. The molecule has 0 saturated heterocycles. The molecule has 0 aromatic carbocycles. The van der Waals surface area contributed by atoms with Gasteiger partial charge >= 0.3 is 0 Å². The van der Waals surface area contributed by atoms with Crippen LogP contribution >= 0.6 is 0 Å². The lowest BCUT2D eigenvalue weighted by atomic mass is 10.0. The minimum atomic E-state index is -0.410. The lowest BCUT2D eigenvalue weighted by molar-refractivity contribution is 0.201. The van der Waals surface area contributed by atoms with Crippen molar-refractivity contribution in [3.63, 3.8) is 0 Å². The third-order valence-corrected chi connectivity index (χ3v) is 1.82. The van der Waals surface area contributed by atoms with Gasteiger partial charge in [-0.1, -0.05) is 23.8 Å². The minimum absolute atomic E-state index is 0.0784. The lowest BCUT2D eigenvalue weighted by Crippen LogP contribution is -2.06. The Balaban J connectivity index is 3.68. The summed E-state index contributed by atoms with van der Waals surface area (Å²) in [5, 5.41) is 17.9. The van der Waals surface area contributed by atoms with Gasteiger partial charge in [-0.15, -0.1) is 0 Å². The van der Waals surface area contributed by atoms with Crippen molar-refractivity contribution >= 4 is 0 Å². The van der Waals surface area contributed by atoms with Gasteiger partial charge in [0.05, 0.1) is 12.7 Å². The quantitative estimate of drug-likeness (QED) is 0.616. The predicted octanol–water partition coefficient (Wildman–Crippen LogP) is 1.64. The third kappa shape index (κ3) is 5.10. The van der Waals surface area contributed by atoms with Crippen LogP contribution in [0, 0.1) is 0 Å². The van der Waals surface area contributed by atoms with Crippen LogP contribution in [-0.2, 0) is 0 Å². The summed E-state index contributed by atoms with van der Waals surface area (Å²) in [6.45, 7) is 7.50. The fraction of sp³-hybridized carbons (Fsp3) is 0.600. The molecule has 2 N–H and O–H groups in total. The zero-order valence-electron chi connectivity index (χ0n) is 7.88. The van der Waals surface area contributed by atoms with Crippen molar-refractivity contribution in [3.05, 3.63) is 23.8 Å². The van der Waals surface area contributed by atoms with Crippen molar-refractivity contribution in [1.82, 2.24) is 0 Å². The molecule has 0 aliphatic carbocycles. The molecular weight excluding hydrogens is 152 g/mol. The van der Waals surface area contributed by atoms with Crippen LogP contribution in [0.3, 0.4) is 0 Å². The van der Waals surface area contributed by atoms with Crippen molar-refractivity contribution in [3.8, 4) is 0 Å². The van der Waals surface area contributed by atoms with Crippen molar-refractivity contribution in [2.75, 3.05) is 6.61 Å². The molecule has 0 aliphatic rings. The number of hydrogen-bond donors (Lipinski definition) is 2. The van der Waals surface area contributed by atoms with E-state index in [2.05, 4.69) is 6.58 Å². The molecule has 0 aromatic heterocycles. The summed E-state index contributed by atoms with van der Waals surface area (Å²) in [5.74, 6) is 0. The average molecular weight is 170 g/mol. The molecule has 0 rings (SSSR count). The highest BCUT2D eigenvalue weighted by atomic mass is 16.3. The molecule has 0 aliphatic heterocycles. The van der Waals surface area contributed by atoms with E-state index >= 15 is 0 Å². The SMILES string of the molecule is C=C(C)[C@H](O)CCC(C)=CCO. The van der Waals surface area contributed by atoms with Crippen LogP contribution in [0.5, 0.6) is 0 Å². The zero-order chi connectivity index (χ0) is 9.56. The second kappa shape index (κ2) is 5.98. The van der Waals surface area contributed by atoms with E-state index in [9.17, 15) is 5.11 Å². The van der Waals surface area contributed by atoms with Crippen LogP contribution in [0.4, 0.5) is 0 Å². The number of allylic oxidation sites excluding steroid dienone is 1. The first-order valence-electron chi connectivity index (χ1n) is 4.18. The van der Waals surface area contributed by atoms with Gasteiger partial charge in [0.1, 0.15) is 0 Å². The van der Waals surface area contributed by atoms with E-state index in [1.807, 2.05) is 13.8 Å². The number of hydrogen-bond acceptors (Lipinski definition) is 2. The Kier molecular flexibility index (Phi) is 5.68. The first kappa shape index (κ1) is 11.4. The highest BCUT2D eigenvalue weighted by molar-refractivity contribution is 5.02. The first-order valence-corrected chi connectivity index (χ1v) is 4.18. The highest BCUT2D eigenvalue weighted by Gasteiger charge is 2.03. The second-order valence-electron chi connectivity index (χ2n) is 3.13. The minimum Gasteiger partial charge on any atom is -0.392 e. The summed E-state index contributed by atoms with van der Waals surface area (Å²) >= 11 is 0. The Hall–Kier alpha value is -0.600. The molecule has 2 nitrogen and oxygen atoms in total. The highest BCUT2D eigenvalue weighted by Crippen LogP contribution is 2.10. The van der Waals surface area contributed by atoms with Crippen LogP contribution in [0.2, 0.25) is 0 Å². The Morgan fingerprint density at radius 2 is 2.08 bits per heavy atom. The summed E-state index contributed by atoms with van der Waals surface area (Å²) in [7, 11) is 0. The summed E-state index contributed by atoms with van der Waals surface area (Å²) in [5.41, 5.74) is 1.91. The molecule has 0 spiro atoms. The van der Waals surface area contributed by atoms with E-state index in [4.69, 9.17) is 5.11 Å². The van der Waals surface area contributed by atoms with E-state index in [0.29, 0.717) is 6.42 Å². The molecule has 70 valence electrons. The summed E-state index contributed by atoms with van der Waals surface area (Å²) in [6.07, 6.45) is 2.85. The van der Waals surface area contributed by atoms with E-state index in [1.165, 1.54) is 0 Å².